The molecule has 0 radical (unpaired) electrons. The van der Waals surface area contributed by atoms with Gasteiger partial charge in [0, 0.05) is 19.1 Å². The molecule has 3 rings (SSSR count). The van der Waals surface area contributed by atoms with E-state index in [1.54, 1.807) is 0 Å². The van der Waals surface area contributed by atoms with Gasteiger partial charge in [0.05, 0.1) is 13.2 Å². The maximum atomic E-state index is 5.32. The smallest absolute Gasteiger partial charge is 0.0608 e. The molecule has 1 unspecified atom stereocenters. The van der Waals surface area contributed by atoms with Crippen molar-refractivity contribution >= 4 is 0 Å². The van der Waals surface area contributed by atoms with E-state index in [1.807, 2.05) is 0 Å². The van der Waals surface area contributed by atoms with Crippen LogP contribution in [0.5, 0.6) is 0 Å². The van der Waals surface area contributed by atoms with Crippen LogP contribution in [0.4, 0.5) is 0 Å². The number of nitrogens with zero attached hydrogens (tertiary/aromatic N) is 1. The standard InChI is InChI=1S/C10H18N2O/c1-2-10(9-7-8(1)9)11-12-3-5-13-6-4-12/h8-11H,1-7H2/t8-,9+,10?/m0/s1. The summed E-state index contributed by atoms with van der Waals surface area (Å²) in [6.07, 6.45) is 4.35. The number of nitrogens with one attached hydrogen (secondary N) is 1. The molecule has 0 spiro atoms. The Bertz CT molecular complexity index is 191. The predicted octanol–water partition coefficient (Wildman–Crippen LogP) is 0.622. The van der Waals surface area contributed by atoms with Crippen LogP contribution in [0.1, 0.15) is 19.3 Å². The molecule has 3 aliphatic rings. The first-order valence-corrected chi connectivity index (χ1v) is 5.52. The number of morpholine rings is 1. The van der Waals surface area contributed by atoms with Crippen molar-refractivity contribution in [1.82, 2.24) is 10.4 Å². The molecule has 0 aromatic heterocycles. The van der Waals surface area contributed by atoms with E-state index >= 15 is 0 Å². The van der Waals surface area contributed by atoms with Gasteiger partial charge in [-0.25, -0.2) is 5.01 Å². The van der Waals surface area contributed by atoms with Crippen molar-refractivity contribution in [2.24, 2.45) is 11.8 Å². The number of hydrogen-bond acceptors (Lipinski definition) is 3. The van der Waals surface area contributed by atoms with Crippen LogP contribution >= 0.6 is 0 Å². The molecular formula is C10H18N2O. The van der Waals surface area contributed by atoms with Gasteiger partial charge in [0.15, 0.2) is 0 Å². The summed E-state index contributed by atoms with van der Waals surface area (Å²) in [5.74, 6) is 2.10. The second-order valence-corrected chi connectivity index (χ2v) is 4.57. The Morgan fingerprint density at radius 2 is 2.00 bits per heavy atom. The Kier molecular flexibility index (Phi) is 2.04. The van der Waals surface area contributed by atoms with Gasteiger partial charge in [-0.2, -0.15) is 0 Å². The number of hydrazine groups is 1. The van der Waals surface area contributed by atoms with Crippen LogP contribution in [-0.2, 0) is 4.74 Å². The minimum Gasteiger partial charge on any atom is -0.379 e. The van der Waals surface area contributed by atoms with Gasteiger partial charge in [-0.3, -0.25) is 5.43 Å². The third kappa shape index (κ3) is 1.60. The van der Waals surface area contributed by atoms with Crippen LogP contribution in [0.2, 0.25) is 0 Å². The van der Waals surface area contributed by atoms with Gasteiger partial charge in [0.1, 0.15) is 0 Å². The van der Waals surface area contributed by atoms with Crippen LogP contribution in [0.15, 0.2) is 0 Å². The molecular weight excluding hydrogens is 164 g/mol. The molecule has 1 saturated heterocycles. The maximum Gasteiger partial charge on any atom is 0.0608 e. The average molecular weight is 182 g/mol. The lowest BCUT2D eigenvalue weighted by Crippen LogP contribution is -2.50. The van der Waals surface area contributed by atoms with Crippen molar-refractivity contribution in [2.75, 3.05) is 26.3 Å². The fourth-order valence-electron chi connectivity index (χ4n) is 2.79. The van der Waals surface area contributed by atoms with Crippen molar-refractivity contribution < 1.29 is 4.74 Å². The van der Waals surface area contributed by atoms with Gasteiger partial charge < -0.3 is 4.74 Å². The third-order valence-corrected chi connectivity index (χ3v) is 3.70. The van der Waals surface area contributed by atoms with E-state index in [-0.39, 0.29) is 0 Å². The van der Waals surface area contributed by atoms with Gasteiger partial charge in [0.25, 0.3) is 0 Å². The Labute approximate surface area is 79.4 Å². The molecule has 0 bridgehead atoms. The lowest BCUT2D eigenvalue weighted by atomic mass is 10.2. The molecule has 1 heterocycles. The maximum absolute atomic E-state index is 5.32. The zero-order chi connectivity index (χ0) is 8.67. The van der Waals surface area contributed by atoms with Crippen LogP contribution < -0.4 is 5.43 Å². The molecule has 2 aliphatic carbocycles. The second kappa shape index (κ2) is 3.23. The van der Waals surface area contributed by atoms with Crippen molar-refractivity contribution in [3.05, 3.63) is 0 Å². The van der Waals surface area contributed by atoms with E-state index < -0.39 is 0 Å². The van der Waals surface area contributed by atoms with Gasteiger partial charge in [-0.1, -0.05) is 0 Å². The minimum atomic E-state index is 0.795. The number of ether oxygens (including phenoxy) is 1. The highest BCUT2D eigenvalue weighted by molar-refractivity contribution is 5.00. The Morgan fingerprint density at radius 1 is 1.15 bits per heavy atom. The van der Waals surface area contributed by atoms with Crippen molar-refractivity contribution in [3.63, 3.8) is 0 Å². The molecule has 3 heteroatoms. The van der Waals surface area contributed by atoms with E-state index in [1.165, 1.54) is 19.3 Å². The first-order valence-electron chi connectivity index (χ1n) is 5.52. The number of hydrogen-bond donors (Lipinski definition) is 1. The monoisotopic (exact) mass is 182 g/mol. The fraction of sp³-hybridized carbons (Fsp3) is 1.00. The predicted molar refractivity (Wildman–Crippen MR) is 50.1 cm³/mol. The van der Waals surface area contributed by atoms with Crippen LogP contribution in [0, 0.1) is 11.8 Å². The SMILES string of the molecule is C1CN(NC2CC[C@H]3C[C@@H]23)CCO1. The first kappa shape index (κ1) is 8.21. The summed E-state index contributed by atoms with van der Waals surface area (Å²) < 4.78 is 5.32. The molecule has 2 saturated carbocycles. The normalized spacial score (nSPS) is 44.8. The quantitative estimate of drug-likeness (QED) is 0.677. The number of fused-ring (bicyclic) bond motifs is 1. The van der Waals surface area contributed by atoms with Gasteiger partial charge >= 0.3 is 0 Å². The average Bonchev–Trinajstić information content (AvgIpc) is 2.86. The van der Waals surface area contributed by atoms with E-state index in [0.717, 1.165) is 44.2 Å². The zero-order valence-electron chi connectivity index (χ0n) is 8.04. The fourth-order valence-corrected chi connectivity index (χ4v) is 2.79. The van der Waals surface area contributed by atoms with Crippen molar-refractivity contribution in [1.29, 1.82) is 0 Å². The van der Waals surface area contributed by atoms with E-state index in [2.05, 4.69) is 10.4 Å². The summed E-state index contributed by atoms with van der Waals surface area (Å²) in [6.45, 7) is 3.92. The highest BCUT2D eigenvalue weighted by atomic mass is 16.5. The van der Waals surface area contributed by atoms with Crippen molar-refractivity contribution in [3.8, 4) is 0 Å². The van der Waals surface area contributed by atoms with Crippen LogP contribution in [-0.4, -0.2) is 37.4 Å². The van der Waals surface area contributed by atoms with E-state index in [9.17, 15) is 0 Å². The zero-order valence-corrected chi connectivity index (χ0v) is 8.04. The molecule has 13 heavy (non-hydrogen) atoms. The summed E-state index contributed by atoms with van der Waals surface area (Å²) in [6, 6.07) is 0.795. The van der Waals surface area contributed by atoms with E-state index in [0.29, 0.717) is 0 Å². The summed E-state index contributed by atoms with van der Waals surface area (Å²) in [5, 5.41) is 2.36. The summed E-state index contributed by atoms with van der Waals surface area (Å²) in [4.78, 5) is 0. The lowest BCUT2D eigenvalue weighted by molar-refractivity contribution is 0.00230. The summed E-state index contributed by atoms with van der Waals surface area (Å²) in [7, 11) is 0. The lowest BCUT2D eigenvalue weighted by Gasteiger charge is -2.30. The molecule has 3 fully saturated rings. The van der Waals surface area contributed by atoms with Gasteiger partial charge in [0.2, 0.25) is 0 Å². The Morgan fingerprint density at radius 3 is 2.62 bits per heavy atom. The highest BCUT2D eigenvalue weighted by Crippen LogP contribution is 2.51. The molecule has 0 aromatic carbocycles. The van der Waals surface area contributed by atoms with Gasteiger partial charge in [-0.05, 0) is 31.1 Å². The molecule has 74 valence electrons. The Hall–Kier alpha value is -0.120. The summed E-state index contributed by atoms with van der Waals surface area (Å²) in [5.41, 5.74) is 3.66. The Balaban J connectivity index is 1.50. The van der Waals surface area contributed by atoms with E-state index in [4.69, 9.17) is 4.74 Å². The molecule has 0 amide bonds. The minimum absolute atomic E-state index is 0.795. The van der Waals surface area contributed by atoms with Crippen LogP contribution in [0.25, 0.3) is 0 Å². The van der Waals surface area contributed by atoms with Crippen LogP contribution in [0.3, 0.4) is 0 Å². The molecule has 0 aromatic rings. The summed E-state index contributed by atoms with van der Waals surface area (Å²) >= 11 is 0. The number of rotatable bonds is 2. The van der Waals surface area contributed by atoms with Gasteiger partial charge in [-0.15, -0.1) is 0 Å². The largest absolute Gasteiger partial charge is 0.379 e. The molecule has 3 atom stereocenters. The first-order chi connectivity index (χ1) is 6.43. The molecule has 3 nitrogen and oxygen atoms in total. The topological polar surface area (TPSA) is 24.5 Å². The second-order valence-electron chi connectivity index (χ2n) is 4.57. The molecule has 1 N–H and O–H groups in total. The third-order valence-electron chi connectivity index (χ3n) is 3.70. The highest BCUT2D eigenvalue weighted by Gasteiger charge is 2.48. The molecule has 1 aliphatic heterocycles. The van der Waals surface area contributed by atoms with Crippen molar-refractivity contribution in [2.45, 2.75) is 25.3 Å².